The van der Waals surface area contributed by atoms with Gasteiger partial charge >= 0.3 is 0 Å². The molecule has 2 rings (SSSR count). The highest BCUT2D eigenvalue weighted by atomic mass is 16.1. The van der Waals surface area contributed by atoms with Crippen LogP contribution in [0.5, 0.6) is 0 Å². The fraction of sp³-hybridized carbons (Fsp3) is 0.0588. The minimum atomic E-state index is -0.355. The van der Waals surface area contributed by atoms with Crippen molar-refractivity contribution in [2.24, 2.45) is 5.73 Å². The van der Waals surface area contributed by atoms with E-state index in [1.165, 1.54) is 18.2 Å². The number of allylic oxidation sites excluding steroid dienone is 4. The van der Waals surface area contributed by atoms with E-state index < -0.39 is 0 Å². The summed E-state index contributed by atoms with van der Waals surface area (Å²) in [4.78, 5) is 24.5. The van der Waals surface area contributed by atoms with Crippen molar-refractivity contribution in [3.05, 3.63) is 78.1 Å². The van der Waals surface area contributed by atoms with Crippen molar-refractivity contribution in [2.45, 2.75) is 0 Å². The molecule has 1 aliphatic rings. The third-order valence-electron chi connectivity index (χ3n) is 3.24. The summed E-state index contributed by atoms with van der Waals surface area (Å²) in [5, 5.41) is 3.11. The number of hydrogen-bond acceptors (Lipinski definition) is 4. The molecule has 0 aliphatic carbocycles. The molecule has 4 nitrogen and oxygen atoms in total. The van der Waals surface area contributed by atoms with E-state index in [2.05, 4.69) is 18.5 Å². The zero-order chi connectivity index (χ0) is 15.4. The van der Waals surface area contributed by atoms with E-state index in [1.54, 1.807) is 12.1 Å². The minimum absolute atomic E-state index is 0.154. The topological polar surface area (TPSA) is 72.2 Å². The van der Waals surface area contributed by atoms with E-state index in [0.29, 0.717) is 17.7 Å². The SMILES string of the molecule is C=C/C(N)=C(\C=C)C(=O)/C=C1\CNc2ccccc2C1=O. The second-order valence-corrected chi connectivity index (χ2v) is 4.54. The number of carbonyl (C=O) groups is 2. The summed E-state index contributed by atoms with van der Waals surface area (Å²) in [5.41, 5.74) is 7.90. The van der Waals surface area contributed by atoms with Gasteiger partial charge in [0, 0.05) is 34.6 Å². The highest BCUT2D eigenvalue weighted by Gasteiger charge is 2.22. The van der Waals surface area contributed by atoms with E-state index in [4.69, 9.17) is 5.73 Å². The molecule has 0 spiro atoms. The molecular formula is C17H16N2O2. The van der Waals surface area contributed by atoms with Gasteiger partial charge in [0.1, 0.15) is 0 Å². The van der Waals surface area contributed by atoms with E-state index in [1.807, 2.05) is 12.1 Å². The van der Waals surface area contributed by atoms with Gasteiger partial charge in [-0.05, 0) is 24.3 Å². The first-order valence-electron chi connectivity index (χ1n) is 6.45. The second kappa shape index (κ2) is 6.05. The fourth-order valence-corrected chi connectivity index (χ4v) is 2.10. The molecule has 0 unspecified atom stereocenters. The summed E-state index contributed by atoms with van der Waals surface area (Å²) >= 11 is 0. The van der Waals surface area contributed by atoms with Crippen molar-refractivity contribution in [1.29, 1.82) is 0 Å². The Morgan fingerprint density at radius 3 is 2.62 bits per heavy atom. The van der Waals surface area contributed by atoms with Gasteiger partial charge in [-0.15, -0.1) is 0 Å². The van der Waals surface area contributed by atoms with Crippen LogP contribution in [0.15, 0.2) is 72.5 Å². The monoisotopic (exact) mass is 280 g/mol. The number of hydrogen-bond donors (Lipinski definition) is 2. The average Bonchev–Trinajstić information content (AvgIpc) is 2.50. The van der Waals surface area contributed by atoms with Crippen LogP contribution in [0.4, 0.5) is 5.69 Å². The lowest BCUT2D eigenvalue weighted by molar-refractivity contribution is -0.111. The van der Waals surface area contributed by atoms with Crippen LogP contribution in [0.25, 0.3) is 0 Å². The Morgan fingerprint density at radius 1 is 1.24 bits per heavy atom. The maximum Gasteiger partial charge on any atom is 0.193 e. The molecule has 0 aromatic heterocycles. The Balaban J connectivity index is 2.36. The molecule has 106 valence electrons. The Kier molecular flexibility index (Phi) is 4.18. The van der Waals surface area contributed by atoms with E-state index in [-0.39, 0.29) is 22.8 Å². The van der Waals surface area contributed by atoms with Crippen LogP contribution in [-0.2, 0) is 4.79 Å². The Labute approximate surface area is 123 Å². The maximum atomic E-state index is 12.3. The highest BCUT2D eigenvalue weighted by molar-refractivity contribution is 6.19. The molecule has 1 heterocycles. The zero-order valence-electron chi connectivity index (χ0n) is 11.6. The number of rotatable bonds is 4. The molecule has 0 saturated heterocycles. The van der Waals surface area contributed by atoms with Crippen LogP contribution in [0.3, 0.4) is 0 Å². The standard InChI is InChI=1S/C17H16N2O2/c1-3-12(14(18)4-2)16(20)9-11-10-19-15-8-6-5-7-13(15)17(11)21/h3-9,19H,1-2,10,18H2/b11-9+,14-12-. The van der Waals surface area contributed by atoms with Gasteiger partial charge in [-0.2, -0.15) is 0 Å². The lowest BCUT2D eigenvalue weighted by Gasteiger charge is -2.19. The number of para-hydroxylation sites is 1. The highest BCUT2D eigenvalue weighted by Crippen LogP contribution is 2.24. The average molecular weight is 280 g/mol. The van der Waals surface area contributed by atoms with Gasteiger partial charge in [0.2, 0.25) is 0 Å². The summed E-state index contributed by atoms with van der Waals surface area (Å²) in [6.45, 7) is 7.39. The number of ketones is 2. The number of nitrogens with two attached hydrogens (primary N) is 1. The summed E-state index contributed by atoms with van der Waals surface area (Å²) in [6.07, 6.45) is 4.05. The third kappa shape index (κ3) is 2.84. The van der Waals surface area contributed by atoms with Gasteiger partial charge in [0.25, 0.3) is 0 Å². The van der Waals surface area contributed by atoms with Crippen LogP contribution in [-0.4, -0.2) is 18.1 Å². The van der Waals surface area contributed by atoms with Crippen molar-refractivity contribution in [1.82, 2.24) is 0 Å². The predicted molar refractivity (Wildman–Crippen MR) is 84.0 cm³/mol. The third-order valence-corrected chi connectivity index (χ3v) is 3.24. The number of nitrogens with one attached hydrogen (secondary N) is 1. The van der Waals surface area contributed by atoms with Crippen LogP contribution in [0, 0.1) is 0 Å². The molecule has 0 saturated carbocycles. The van der Waals surface area contributed by atoms with E-state index in [9.17, 15) is 9.59 Å². The van der Waals surface area contributed by atoms with Gasteiger partial charge in [-0.3, -0.25) is 9.59 Å². The fourth-order valence-electron chi connectivity index (χ4n) is 2.10. The van der Waals surface area contributed by atoms with E-state index in [0.717, 1.165) is 5.69 Å². The quantitative estimate of drug-likeness (QED) is 0.656. The number of Topliss-reactive ketones (excluding diaryl/α,β-unsaturated/α-hetero) is 1. The molecule has 1 aromatic carbocycles. The van der Waals surface area contributed by atoms with Gasteiger partial charge in [0.05, 0.1) is 0 Å². The largest absolute Gasteiger partial charge is 0.398 e. The Hall–Kier alpha value is -2.88. The molecule has 0 atom stereocenters. The van der Waals surface area contributed by atoms with Gasteiger partial charge in [-0.1, -0.05) is 31.4 Å². The lowest BCUT2D eigenvalue weighted by Crippen LogP contribution is -2.22. The Bertz CT molecular complexity index is 696. The molecular weight excluding hydrogens is 264 g/mol. The van der Waals surface area contributed by atoms with Crippen LogP contribution in [0.1, 0.15) is 10.4 Å². The normalized spacial score (nSPS) is 16.6. The first kappa shape index (κ1) is 14.5. The van der Waals surface area contributed by atoms with Gasteiger partial charge in [0.15, 0.2) is 11.6 Å². The first-order valence-corrected chi connectivity index (χ1v) is 6.45. The summed E-state index contributed by atoms with van der Waals surface area (Å²) in [7, 11) is 0. The molecule has 0 radical (unpaired) electrons. The first-order chi connectivity index (χ1) is 10.1. The Morgan fingerprint density at radius 2 is 1.95 bits per heavy atom. The predicted octanol–water partition coefficient (Wildman–Crippen LogP) is 2.38. The zero-order valence-corrected chi connectivity index (χ0v) is 11.6. The molecule has 0 bridgehead atoms. The van der Waals surface area contributed by atoms with Crippen LogP contribution >= 0.6 is 0 Å². The molecule has 1 aromatic rings. The minimum Gasteiger partial charge on any atom is -0.398 e. The maximum absolute atomic E-state index is 12.3. The van der Waals surface area contributed by atoms with Crippen LogP contribution in [0.2, 0.25) is 0 Å². The molecule has 1 aliphatic heterocycles. The number of carbonyl (C=O) groups excluding carboxylic acids is 2. The van der Waals surface area contributed by atoms with Crippen molar-refractivity contribution in [3.8, 4) is 0 Å². The molecule has 0 fully saturated rings. The van der Waals surface area contributed by atoms with Gasteiger partial charge < -0.3 is 11.1 Å². The molecule has 21 heavy (non-hydrogen) atoms. The van der Waals surface area contributed by atoms with Crippen molar-refractivity contribution < 1.29 is 9.59 Å². The smallest absolute Gasteiger partial charge is 0.193 e. The number of benzene rings is 1. The summed E-state index contributed by atoms with van der Waals surface area (Å²) < 4.78 is 0. The summed E-state index contributed by atoms with van der Waals surface area (Å²) in [6, 6.07) is 7.19. The van der Waals surface area contributed by atoms with Crippen molar-refractivity contribution >= 4 is 17.3 Å². The number of anilines is 1. The van der Waals surface area contributed by atoms with Crippen LogP contribution < -0.4 is 11.1 Å². The molecule has 0 amide bonds. The van der Waals surface area contributed by atoms with Crippen molar-refractivity contribution in [3.63, 3.8) is 0 Å². The van der Waals surface area contributed by atoms with Crippen molar-refractivity contribution in [2.75, 3.05) is 11.9 Å². The van der Waals surface area contributed by atoms with Gasteiger partial charge in [-0.25, -0.2) is 0 Å². The molecule has 4 heteroatoms. The number of fused-ring (bicyclic) bond motifs is 1. The van der Waals surface area contributed by atoms with E-state index >= 15 is 0 Å². The molecule has 3 N–H and O–H groups in total. The lowest BCUT2D eigenvalue weighted by atomic mass is 9.95. The summed E-state index contributed by atoms with van der Waals surface area (Å²) in [5.74, 6) is -0.509. The second-order valence-electron chi connectivity index (χ2n) is 4.54.